The molecule has 1 N–H and O–H groups in total. The van der Waals surface area contributed by atoms with Crippen LogP contribution in [-0.4, -0.2) is 41.8 Å². The summed E-state index contributed by atoms with van der Waals surface area (Å²) < 4.78 is 5.62. The Bertz CT molecular complexity index is 1080. The van der Waals surface area contributed by atoms with Crippen molar-refractivity contribution in [3.8, 4) is 11.1 Å². The van der Waals surface area contributed by atoms with Gasteiger partial charge in [-0.05, 0) is 40.3 Å². The maximum atomic E-state index is 12.8. The molecule has 5 heteroatoms. The van der Waals surface area contributed by atoms with E-state index in [1.54, 1.807) is 0 Å². The third-order valence-electron chi connectivity index (χ3n) is 6.05. The molecule has 5 nitrogen and oxygen atoms in total. The standard InChI is InChI=1S/C26H25NO4/c1-17-9-3-4-10-18(17)15-24(25(28)29)27(2)26(30)31-16-23-21-13-7-5-11-19(21)20-12-6-8-14-22(20)23/h3-14,23-24H,15-16H2,1-2H3,(H,28,29). The van der Waals surface area contributed by atoms with Gasteiger partial charge in [0.2, 0.25) is 0 Å². The molecule has 0 heterocycles. The number of hydrogen-bond acceptors (Lipinski definition) is 3. The fraction of sp³-hybridized carbons (Fsp3) is 0.231. The predicted octanol–water partition coefficient (Wildman–Crippen LogP) is 4.87. The van der Waals surface area contributed by atoms with Gasteiger partial charge in [0.15, 0.2) is 0 Å². The molecule has 1 atom stereocenters. The highest BCUT2D eigenvalue weighted by Crippen LogP contribution is 2.44. The minimum absolute atomic E-state index is 0.0654. The van der Waals surface area contributed by atoms with Crippen LogP contribution in [0, 0.1) is 6.92 Å². The third-order valence-corrected chi connectivity index (χ3v) is 6.05. The number of carbonyl (C=O) groups is 2. The molecule has 4 rings (SSSR count). The summed E-state index contributed by atoms with van der Waals surface area (Å²) in [6.45, 7) is 2.09. The van der Waals surface area contributed by atoms with Crippen LogP contribution in [0.3, 0.4) is 0 Å². The number of rotatable bonds is 6. The van der Waals surface area contributed by atoms with Gasteiger partial charge in [-0.15, -0.1) is 0 Å². The van der Waals surface area contributed by atoms with E-state index in [0.717, 1.165) is 33.4 Å². The van der Waals surface area contributed by atoms with Gasteiger partial charge in [0.1, 0.15) is 12.6 Å². The Kier molecular flexibility index (Phi) is 5.76. The van der Waals surface area contributed by atoms with Gasteiger partial charge in [0, 0.05) is 19.4 Å². The predicted molar refractivity (Wildman–Crippen MR) is 119 cm³/mol. The molecule has 0 aromatic heterocycles. The summed E-state index contributed by atoms with van der Waals surface area (Å²) in [5, 5.41) is 9.74. The monoisotopic (exact) mass is 415 g/mol. The highest BCUT2D eigenvalue weighted by Gasteiger charge is 2.32. The van der Waals surface area contributed by atoms with Crippen LogP contribution in [-0.2, 0) is 16.0 Å². The number of likely N-dealkylation sites (N-methyl/N-ethyl adjacent to an activating group) is 1. The van der Waals surface area contributed by atoms with E-state index in [9.17, 15) is 14.7 Å². The molecule has 0 aliphatic heterocycles. The molecular weight excluding hydrogens is 390 g/mol. The van der Waals surface area contributed by atoms with Crippen LogP contribution in [0.5, 0.6) is 0 Å². The minimum Gasteiger partial charge on any atom is -0.480 e. The first kappa shape index (κ1) is 20.7. The summed E-state index contributed by atoms with van der Waals surface area (Å²) in [5.74, 6) is -1.12. The van der Waals surface area contributed by atoms with Gasteiger partial charge in [-0.1, -0.05) is 72.8 Å². The van der Waals surface area contributed by atoms with Gasteiger partial charge in [-0.25, -0.2) is 9.59 Å². The van der Waals surface area contributed by atoms with Gasteiger partial charge in [-0.3, -0.25) is 4.90 Å². The Morgan fingerprint density at radius 3 is 2.06 bits per heavy atom. The Hall–Kier alpha value is -3.60. The van der Waals surface area contributed by atoms with Crippen LogP contribution >= 0.6 is 0 Å². The fourth-order valence-corrected chi connectivity index (χ4v) is 4.26. The van der Waals surface area contributed by atoms with Crippen LogP contribution in [0.25, 0.3) is 11.1 Å². The van der Waals surface area contributed by atoms with Crippen LogP contribution in [0.15, 0.2) is 72.8 Å². The highest BCUT2D eigenvalue weighted by atomic mass is 16.6. The van der Waals surface area contributed by atoms with Crippen molar-refractivity contribution in [3.05, 3.63) is 95.1 Å². The van der Waals surface area contributed by atoms with Gasteiger partial charge < -0.3 is 9.84 Å². The zero-order valence-corrected chi connectivity index (χ0v) is 17.6. The van der Waals surface area contributed by atoms with Crippen molar-refractivity contribution in [2.24, 2.45) is 0 Å². The zero-order valence-electron chi connectivity index (χ0n) is 17.6. The summed E-state index contributed by atoms with van der Waals surface area (Å²) in [6, 6.07) is 22.8. The lowest BCUT2D eigenvalue weighted by Gasteiger charge is -2.25. The van der Waals surface area contributed by atoms with Crippen molar-refractivity contribution in [1.29, 1.82) is 0 Å². The smallest absolute Gasteiger partial charge is 0.410 e. The number of benzene rings is 3. The molecule has 1 aliphatic rings. The largest absolute Gasteiger partial charge is 0.480 e. The number of carboxylic acids is 1. The Labute approximate surface area is 181 Å². The lowest BCUT2D eigenvalue weighted by molar-refractivity contribution is -0.142. The Balaban J connectivity index is 1.49. The van der Waals surface area contributed by atoms with E-state index >= 15 is 0 Å². The number of carboxylic acid groups (broad SMARTS) is 1. The topological polar surface area (TPSA) is 66.8 Å². The number of fused-ring (bicyclic) bond motifs is 3. The van der Waals surface area contributed by atoms with E-state index in [-0.39, 0.29) is 18.9 Å². The number of hydrogen-bond donors (Lipinski definition) is 1. The fourth-order valence-electron chi connectivity index (χ4n) is 4.26. The summed E-state index contributed by atoms with van der Waals surface area (Å²) in [6.07, 6.45) is -0.411. The maximum absolute atomic E-state index is 12.8. The Morgan fingerprint density at radius 1 is 0.935 bits per heavy atom. The van der Waals surface area contributed by atoms with Crippen molar-refractivity contribution < 1.29 is 19.4 Å². The number of nitrogens with zero attached hydrogens (tertiary/aromatic N) is 1. The molecule has 1 unspecified atom stereocenters. The second-order valence-corrected chi connectivity index (χ2v) is 7.90. The van der Waals surface area contributed by atoms with E-state index in [2.05, 4.69) is 24.3 Å². The molecular formula is C26H25NO4. The minimum atomic E-state index is -1.06. The van der Waals surface area contributed by atoms with Crippen molar-refractivity contribution in [2.45, 2.75) is 25.3 Å². The van der Waals surface area contributed by atoms with Crippen LogP contribution in [0.1, 0.15) is 28.2 Å². The zero-order chi connectivity index (χ0) is 22.0. The molecule has 1 amide bonds. The van der Waals surface area contributed by atoms with Gasteiger partial charge in [-0.2, -0.15) is 0 Å². The molecule has 0 fully saturated rings. The maximum Gasteiger partial charge on any atom is 0.410 e. The summed E-state index contributed by atoms with van der Waals surface area (Å²) >= 11 is 0. The number of amides is 1. The molecule has 0 saturated heterocycles. The number of aliphatic carboxylic acids is 1. The SMILES string of the molecule is Cc1ccccc1CC(C(=O)O)N(C)C(=O)OCC1c2ccccc2-c2ccccc21. The lowest BCUT2D eigenvalue weighted by atomic mass is 9.98. The molecule has 3 aromatic carbocycles. The van der Waals surface area contributed by atoms with E-state index in [1.165, 1.54) is 11.9 Å². The van der Waals surface area contributed by atoms with Gasteiger partial charge >= 0.3 is 12.1 Å². The van der Waals surface area contributed by atoms with E-state index in [1.807, 2.05) is 55.5 Å². The summed E-state index contributed by atoms with van der Waals surface area (Å²) in [7, 11) is 1.48. The lowest BCUT2D eigenvalue weighted by Crippen LogP contribution is -2.44. The second-order valence-electron chi connectivity index (χ2n) is 7.90. The third kappa shape index (κ3) is 4.04. The van der Waals surface area contributed by atoms with E-state index in [0.29, 0.717) is 0 Å². The average Bonchev–Trinajstić information content (AvgIpc) is 3.10. The average molecular weight is 415 g/mol. The molecule has 0 radical (unpaired) electrons. The first-order valence-electron chi connectivity index (χ1n) is 10.3. The van der Waals surface area contributed by atoms with Gasteiger partial charge in [0.05, 0.1) is 0 Å². The molecule has 3 aromatic rings. The normalized spacial score (nSPS) is 13.2. The van der Waals surface area contributed by atoms with Gasteiger partial charge in [0.25, 0.3) is 0 Å². The molecule has 0 saturated carbocycles. The Morgan fingerprint density at radius 2 is 1.48 bits per heavy atom. The van der Waals surface area contributed by atoms with Crippen LogP contribution in [0.4, 0.5) is 4.79 Å². The molecule has 1 aliphatic carbocycles. The van der Waals surface area contributed by atoms with Crippen molar-refractivity contribution >= 4 is 12.1 Å². The van der Waals surface area contributed by atoms with Crippen LogP contribution in [0.2, 0.25) is 0 Å². The second kappa shape index (κ2) is 8.64. The number of aryl methyl sites for hydroxylation is 1. The van der Waals surface area contributed by atoms with E-state index in [4.69, 9.17) is 4.74 Å². The highest BCUT2D eigenvalue weighted by molar-refractivity contribution is 5.81. The van der Waals surface area contributed by atoms with E-state index < -0.39 is 18.1 Å². The van der Waals surface area contributed by atoms with Crippen LogP contribution < -0.4 is 0 Å². The van der Waals surface area contributed by atoms with Crippen molar-refractivity contribution in [1.82, 2.24) is 4.90 Å². The quantitative estimate of drug-likeness (QED) is 0.624. The molecule has 0 bridgehead atoms. The first-order valence-corrected chi connectivity index (χ1v) is 10.3. The van der Waals surface area contributed by atoms with Crippen molar-refractivity contribution in [3.63, 3.8) is 0 Å². The molecule has 158 valence electrons. The summed E-state index contributed by atoms with van der Waals surface area (Å²) in [4.78, 5) is 25.9. The molecule has 31 heavy (non-hydrogen) atoms. The number of carbonyl (C=O) groups excluding carboxylic acids is 1. The van der Waals surface area contributed by atoms with Crippen molar-refractivity contribution in [2.75, 3.05) is 13.7 Å². The number of ether oxygens (including phenoxy) is 1. The summed E-state index contributed by atoms with van der Waals surface area (Å²) in [5.41, 5.74) is 6.43. The first-order chi connectivity index (χ1) is 15.0. The molecule has 0 spiro atoms.